The van der Waals surface area contributed by atoms with Gasteiger partial charge >= 0.3 is 6.03 Å². The molecule has 2 heterocycles. The Morgan fingerprint density at radius 1 is 0.925 bits per heavy atom. The van der Waals surface area contributed by atoms with Crippen LogP contribution in [-0.4, -0.2) is 81.0 Å². The minimum atomic E-state index is -0.697. The number of nitrogens with one attached hydrogen (secondary N) is 1. The molecule has 4 amide bonds. The molecule has 1 N–H and O–H groups in total. The number of alkyl halides is 1. The fourth-order valence-electron chi connectivity index (χ4n) is 5.60. The summed E-state index contributed by atoms with van der Waals surface area (Å²) < 4.78 is 0.837. The minimum Gasteiger partial charge on any atom is -0.336 e. The lowest BCUT2D eigenvalue weighted by Gasteiger charge is -2.54. The fourth-order valence-corrected chi connectivity index (χ4v) is 6.38. The summed E-state index contributed by atoms with van der Waals surface area (Å²) in [7, 11) is 1.75. The van der Waals surface area contributed by atoms with Gasteiger partial charge in [0.15, 0.2) is 0 Å². The lowest BCUT2D eigenvalue weighted by atomic mass is 9.96. The Labute approximate surface area is 249 Å². The highest BCUT2D eigenvalue weighted by Gasteiger charge is 2.50. The largest absolute Gasteiger partial charge is 0.336 e. The van der Waals surface area contributed by atoms with E-state index in [0.29, 0.717) is 19.5 Å². The van der Waals surface area contributed by atoms with Crippen LogP contribution in [0.25, 0.3) is 0 Å². The summed E-state index contributed by atoms with van der Waals surface area (Å²) in [5.41, 5.74) is 3.13. The smallest absolute Gasteiger partial charge is 0.334 e. The van der Waals surface area contributed by atoms with Gasteiger partial charge in [0, 0.05) is 36.9 Å². The summed E-state index contributed by atoms with van der Waals surface area (Å²) in [6, 6.07) is 28.7. The first-order valence-corrected chi connectivity index (χ1v) is 15.1. The standard InChI is InChI=1S/C31H34IN5O3/c1-34-22-29(38)36-27(17-23-11-5-2-6-12-23)30(39)35(20-26(18-32)25-15-9-4-10-16-25)21-28(36)37(34)31(40)33-19-24-13-7-3-8-14-24/h2-16,26-28H,17-22H2,1H3,(H,33,40)/t26?,27-,28-/m0/s1. The van der Waals surface area contributed by atoms with Crippen LogP contribution in [0.3, 0.4) is 0 Å². The molecule has 3 aromatic carbocycles. The second-order valence-electron chi connectivity index (χ2n) is 10.3. The zero-order valence-electron chi connectivity index (χ0n) is 22.5. The van der Waals surface area contributed by atoms with Crippen molar-refractivity contribution in [3.05, 3.63) is 108 Å². The maximum absolute atomic E-state index is 14.1. The SMILES string of the molecule is CN1CC(=O)N2[C@@H](Cc3ccccc3)C(=O)N(CC(CI)c3ccccc3)C[C@@H]2N1C(=O)NCc1ccccc1. The number of amides is 4. The van der Waals surface area contributed by atoms with Crippen molar-refractivity contribution in [3.63, 3.8) is 0 Å². The molecule has 40 heavy (non-hydrogen) atoms. The number of hydrogen-bond acceptors (Lipinski definition) is 4. The molecule has 8 nitrogen and oxygen atoms in total. The number of hydrogen-bond donors (Lipinski definition) is 1. The molecule has 2 aliphatic rings. The number of rotatable bonds is 8. The van der Waals surface area contributed by atoms with Crippen molar-refractivity contribution >= 4 is 40.4 Å². The van der Waals surface area contributed by atoms with Crippen LogP contribution in [0, 0.1) is 0 Å². The number of urea groups is 1. The molecule has 0 aromatic heterocycles. The van der Waals surface area contributed by atoms with Crippen LogP contribution in [0.2, 0.25) is 0 Å². The third kappa shape index (κ3) is 6.15. The lowest BCUT2D eigenvalue weighted by Crippen LogP contribution is -2.76. The van der Waals surface area contributed by atoms with Gasteiger partial charge in [-0.25, -0.2) is 14.8 Å². The predicted molar refractivity (Wildman–Crippen MR) is 162 cm³/mol. The van der Waals surface area contributed by atoms with Crippen molar-refractivity contribution < 1.29 is 14.4 Å². The highest BCUT2D eigenvalue weighted by molar-refractivity contribution is 14.1. The van der Waals surface area contributed by atoms with Gasteiger partial charge in [0.2, 0.25) is 11.8 Å². The van der Waals surface area contributed by atoms with Crippen LogP contribution < -0.4 is 5.32 Å². The number of fused-ring (bicyclic) bond motifs is 1. The quantitative estimate of drug-likeness (QED) is 0.297. The highest BCUT2D eigenvalue weighted by atomic mass is 127. The number of hydrazine groups is 1. The van der Waals surface area contributed by atoms with Gasteiger partial charge in [0.05, 0.1) is 13.1 Å². The summed E-state index contributed by atoms with van der Waals surface area (Å²) in [5.74, 6) is -0.0949. The maximum atomic E-state index is 14.1. The third-order valence-electron chi connectivity index (χ3n) is 7.60. The van der Waals surface area contributed by atoms with E-state index < -0.39 is 12.2 Å². The molecule has 0 radical (unpaired) electrons. The number of nitrogens with zero attached hydrogens (tertiary/aromatic N) is 4. The second kappa shape index (κ2) is 12.8. The maximum Gasteiger partial charge on any atom is 0.334 e. The van der Waals surface area contributed by atoms with Crippen LogP contribution in [0.1, 0.15) is 22.6 Å². The first-order chi connectivity index (χ1) is 19.5. The van der Waals surface area contributed by atoms with Crippen molar-refractivity contribution in [2.24, 2.45) is 0 Å². The Morgan fingerprint density at radius 2 is 1.52 bits per heavy atom. The van der Waals surface area contributed by atoms with Gasteiger partial charge in [-0.15, -0.1) is 0 Å². The monoisotopic (exact) mass is 651 g/mol. The van der Waals surface area contributed by atoms with Crippen molar-refractivity contribution in [2.45, 2.75) is 31.1 Å². The Hall–Kier alpha value is -3.44. The molecule has 2 aliphatic heterocycles. The molecule has 3 atom stereocenters. The number of halogens is 1. The topological polar surface area (TPSA) is 76.2 Å². The molecular formula is C31H34IN5O3. The van der Waals surface area contributed by atoms with Gasteiger partial charge in [0.1, 0.15) is 12.2 Å². The average molecular weight is 652 g/mol. The normalized spacial score (nSPS) is 20.3. The van der Waals surface area contributed by atoms with E-state index in [1.54, 1.807) is 22.0 Å². The molecule has 2 fully saturated rings. The minimum absolute atomic E-state index is 0.0220. The Balaban J connectivity index is 1.45. The van der Waals surface area contributed by atoms with Crippen molar-refractivity contribution in [3.8, 4) is 0 Å². The fraction of sp³-hybridized carbons (Fsp3) is 0.323. The Bertz CT molecular complexity index is 1310. The summed E-state index contributed by atoms with van der Waals surface area (Å²) in [6.07, 6.45) is -0.221. The molecule has 5 rings (SSSR count). The van der Waals surface area contributed by atoms with Gasteiger partial charge in [-0.2, -0.15) is 0 Å². The highest BCUT2D eigenvalue weighted by Crippen LogP contribution is 2.30. The first kappa shape index (κ1) is 28.1. The number of carbonyl (C=O) groups is 3. The van der Waals surface area contributed by atoms with Crippen LogP contribution >= 0.6 is 22.6 Å². The summed E-state index contributed by atoms with van der Waals surface area (Å²) >= 11 is 2.37. The first-order valence-electron chi connectivity index (χ1n) is 13.5. The van der Waals surface area contributed by atoms with Gasteiger partial charge in [-0.05, 0) is 16.7 Å². The Morgan fingerprint density at radius 3 is 2.15 bits per heavy atom. The van der Waals surface area contributed by atoms with Gasteiger partial charge in [-0.1, -0.05) is 114 Å². The molecule has 1 unspecified atom stereocenters. The van der Waals surface area contributed by atoms with Crippen molar-refractivity contribution in [1.82, 2.24) is 25.1 Å². The predicted octanol–water partition coefficient (Wildman–Crippen LogP) is 3.89. The van der Waals surface area contributed by atoms with Gasteiger partial charge in [0.25, 0.3) is 0 Å². The zero-order chi connectivity index (χ0) is 28.1. The Kier molecular flexibility index (Phi) is 9.01. The second-order valence-corrected chi connectivity index (χ2v) is 11.2. The van der Waals surface area contributed by atoms with E-state index in [9.17, 15) is 14.4 Å². The van der Waals surface area contributed by atoms with Crippen LogP contribution in [0.4, 0.5) is 4.79 Å². The van der Waals surface area contributed by atoms with E-state index in [2.05, 4.69) is 40.0 Å². The van der Waals surface area contributed by atoms with Crippen LogP contribution in [0.5, 0.6) is 0 Å². The van der Waals surface area contributed by atoms with Crippen LogP contribution in [-0.2, 0) is 22.6 Å². The molecule has 0 bridgehead atoms. The van der Waals surface area contributed by atoms with E-state index in [1.165, 1.54) is 5.56 Å². The number of carbonyl (C=O) groups excluding carboxylic acids is 3. The van der Waals surface area contributed by atoms with E-state index >= 15 is 0 Å². The van der Waals surface area contributed by atoms with E-state index in [1.807, 2.05) is 83.8 Å². The number of likely N-dealkylation sites (N-methyl/N-ethyl adjacent to an activating group) is 1. The summed E-state index contributed by atoms with van der Waals surface area (Å²) in [6.45, 7) is 1.15. The molecule has 2 saturated heterocycles. The molecule has 0 aliphatic carbocycles. The number of piperazine rings is 1. The molecule has 0 spiro atoms. The molecule has 0 saturated carbocycles. The van der Waals surface area contributed by atoms with E-state index in [0.717, 1.165) is 15.6 Å². The summed E-state index contributed by atoms with van der Waals surface area (Å²) in [4.78, 5) is 44.7. The average Bonchev–Trinajstić information content (AvgIpc) is 2.98. The molecule has 208 valence electrons. The van der Waals surface area contributed by atoms with Gasteiger partial charge < -0.3 is 15.1 Å². The van der Waals surface area contributed by atoms with Crippen molar-refractivity contribution in [2.75, 3.05) is 31.1 Å². The van der Waals surface area contributed by atoms with E-state index in [-0.39, 0.29) is 36.9 Å². The third-order valence-corrected chi connectivity index (χ3v) is 8.67. The van der Waals surface area contributed by atoms with Crippen molar-refractivity contribution in [1.29, 1.82) is 0 Å². The number of benzene rings is 3. The molecule has 9 heteroatoms. The molecular weight excluding hydrogens is 617 g/mol. The van der Waals surface area contributed by atoms with Crippen LogP contribution in [0.15, 0.2) is 91.0 Å². The van der Waals surface area contributed by atoms with Gasteiger partial charge in [-0.3, -0.25) is 9.59 Å². The zero-order valence-corrected chi connectivity index (χ0v) is 24.7. The summed E-state index contributed by atoms with van der Waals surface area (Å²) in [5, 5.41) is 6.30. The lowest BCUT2D eigenvalue weighted by molar-refractivity contribution is -0.187. The molecule has 3 aromatic rings. The van der Waals surface area contributed by atoms with E-state index in [4.69, 9.17) is 0 Å².